The summed E-state index contributed by atoms with van der Waals surface area (Å²) in [6.07, 6.45) is 0.143. The van der Waals surface area contributed by atoms with Gasteiger partial charge in [0.25, 0.3) is 5.91 Å². The molecule has 0 aliphatic heterocycles. The van der Waals surface area contributed by atoms with E-state index in [0.717, 1.165) is 5.56 Å². The summed E-state index contributed by atoms with van der Waals surface area (Å²) in [5, 5.41) is 0. The molecule has 0 aliphatic carbocycles. The predicted molar refractivity (Wildman–Crippen MR) is 91.0 cm³/mol. The molecule has 0 saturated heterocycles. The van der Waals surface area contributed by atoms with Crippen molar-refractivity contribution in [3.8, 4) is 5.75 Å². The summed E-state index contributed by atoms with van der Waals surface area (Å²) in [5.41, 5.74) is 6.33. The first kappa shape index (κ1) is 17.0. The van der Waals surface area contributed by atoms with Gasteiger partial charge in [-0.05, 0) is 47.1 Å². The Bertz CT molecular complexity index is 686. The molecule has 2 aromatic rings. The number of carbonyl (C=O) groups excluding carboxylic acids is 2. The average molecular weight is 377 g/mol. The highest BCUT2D eigenvalue weighted by Crippen LogP contribution is 2.15. The zero-order valence-corrected chi connectivity index (χ0v) is 14.2. The van der Waals surface area contributed by atoms with Crippen LogP contribution in [0.2, 0.25) is 0 Å². The Kier molecular flexibility index (Phi) is 6.17. The summed E-state index contributed by atoms with van der Waals surface area (Å²) >= 11 is 3.28. The Labute approximate surface area is 143 Å². The second-order valence-corrected chi connectivity index (χ2v) is 5.75. The summed E-state index contributed by atoms with van der Waals surface area (Å²) < 4.78 is 6.12. The molecule has 0 saturated carbocycles. The van der Waals surface area contributed by atoms with E-state index >= 15 is 0 Å². The van der Waals surface area contributed by atoms with Gasteiger partial charge in [0, 0.05) is 4.47 Å². The number of hydrogen-bond acceptors (Lipinski definition) is 3. The molecule has 2 N–H and O–H groups in total. The lowest BCUT2D eigenvalue weighted by Crippen LogP contribution is -2.42. The number of benzene rings is 2. The zero-order valence-electron chi connectivity index (χ0n) is 12.6. The van der Waals surface area contributed by atoms with Crippen LogP contribution in [-0.4, -0.2) is 18.4 Å². The van der Waals surface area contributed by atoms with Crippen molar-refractivity contribution in [1.29, 1.82) is 0 Å². The van der Waals surface area contributed by atoms with Crippen LogP contribution in [0.3, 0.4) is 0 Å². The van der Waals surface area contributed by atoms with Crippen LogP contribution in [0.5, 0.6) is 5.75 Å². The van der Waals surface area contributed by atoms with E-state index < -0.39 is 0 Å². The molecular weight excluding hydrogens is 360 g/mol. The molecule has 0 atom stereocenters. The minimum absolute atomic E-state index is 0.143. The molecule has 0 fully saturated rings. The molecule has 2 aromatic carbocycles. The lowest BCUT2D eigenvalue weighted by Gasteiger charge is -2.09. The minimum Gasteiger partial charge on any atom is -0.493 e. The van der Waals surface area contributed by atoms with Gasteiger partial charge in [-0.1, -0.05) is 29.8 Å². The van der Waals surface area contributed by atoms with E-state index in [1.165, 1.54) is 0 Å². The molecule has 0 aromatic heterocycles. The van der Waals surface area contributed by atoms with E-state index in [4.69, 9.17) is 4.74 Å². The summed E-state index contributed by atoms with van der Waals surface area (Å²) in [4.78, 5) is 23.6. The largest absolute Gasteiger partial charge is 0.493 e. The number of rotatable bonds is 5. The summed E-state index contributed by atoms with van der Waals surface area (Å²) in [7, 11) is 0. The summed E-state index contributed by atoms with van der Waals surface area (Å²) in [6, 6.07) is 14.5. The maximum atomic E-state index is 11.9. The molecule has 120 valence electrons. The first-order chi connectivity index (χ1) is 11.1. The maximum Gasteiger partial charge on any atom is 0.270 e. The number of ether oxygens (including phenoxy) is 1. The van der Waals surface area contributed by atoms with E-state index in [2.05, 4.69) is 26.8 Å². The molecular formula is C17H17BrN2O3. The quantitative estimate of drug-likeness (QED) is 0.788. The van der Waals surface area contributed by atoms with Gasteiger partial charge in [0.05, 0.1) is 18.6 Å². The topological polar surface area (TPSA) is 67.4 Å². The monoisotopic (exact) mass is 376 g/mol. The predicted octanol–water partition coefficient (Wildman–Crippen LogP) is 2.99. The lowest BCUT2D eigenvalue weighted by molar-refractivity contribution is -0.122. The fourth-order valence-electron chi connectivity index (χ4n) is 1.80. The molecule has 0 aliphatic rings. The SMILES string of the molecule is Cc1ccc(OCCC(=O)NNC(=O)c2ccccc2Br)cc1. The van der Waals surface area contributed by atoms with Gasteiger partial charge in [-0.25, -0.2) is 0 Å². The van der Waals surface area contributed by atoms with Gasteiger partial charge < -0.3 is 4.74 Å². The van der Waals surface area contributed by atoms with Crippen molar-refractivity contribution < 1.29 is 14.3 Å². The van der Waals surface area contributed by atoms with E-state index in [1.807, 2.05) is 37.3 Å². The van der Waals surface area contributed by atoms with Crippen LogP contribution in [0.25, 0.3) is 0 Å². The van der Waals surface area contributed by atoms with Crippen LogP contribution < -0.4 is 15.6 Å². The zero-order chi connectivity index (χ0) is 16.7. The van der Waals surface area contributed by atoms with Crippen LogP contribution in [0.1, 0.15) is 22.3 Å². The lowest BCUT2D eigenvalue weighted by atomic mass is 10.2. The van der Waals surface area contributed by atoms with Crippen LogP contribution in [-0.2, 0) is 4.79 Å². The number of aryl methyl sites for hydroxylation is 1. The van der Waals surface area contributed by atoms with Gasteiger partial charge in [-0.15, -0.1) is 0 Å². The van der Waals surface area contributed by atoms with Gasteiger partial charge in [-0.2, -0.15) is 0 Å². The Morgan fingerprint density at radius 2 is 1.74 bits per heavy atom. The molecule has 0 radical (unpaired) electrons. The Balaban J connectivity index is 1.72. The van der Waals surface area contributed by atoms with Crippen molar-refractivity contribution in [3.63, 3.8) is 0 Å². The molecule has 0 spiro atoms. The third-order valence-corrected chi connectivity index (χ3v) is 3.74. The van der Waals surface area contributed by atoms with E-state index in [1.54, 1.807) is 18.2 Å². The third-order valence-electron chi connectivity index (χ3n) is 3.05. The second-order valence-electron chi connectivity index (χ2n) is 4.89. The number of hydrazine groups is 1. The highest BCUT2D eigenvalue weighted by molar-refractivity contribution is 9.10. The van der Waals surface area contributed by atoms with Crippen molar-refractivity contribution in [2.75, 3.05) is 6.61 Å². The average Bonchev–Trinajstić information content (AvgIpc) is 2.55. The van der Waals surface area contributed by atoms with Crippen LogP contribution >= 0.6 is 15.9 Å². The maximum absolute atomic E-state index is 11.9. The Hall–Kier alpha value is -2.34. The summed E-state index contributed by atoms with van der Waals surface area (Å²) in [5.74, 6) is 0.00319. The number of hydrogen-bond donors (Lipinski definition) is 2. The molecule has 6 heteroatoms. The van der Waals surface area contributed by atoms with Crippen LogP contribution in [0.15, 0.2) is 53.0 Å². The van der Waals surface area contributed by atoms with Gasteiger partial charge in [0.15, 0.2) is 0 Å². The number of halogens is 1. The van der Waals surface area contributed by atoms with Gasteiger partial charge in [-0.3, -0.25) is 20.4 Å². The molecule has 0 bridgehead atoms. The van der Waals surface area contributed by atoms with Crippen LogP contribution in [0.4, 0.5) is 0 Å². The standard InChI is InChI=1S/C17H17BrN2O3/c1-12-6-8-13(9-7-12)23-11-10-16(21)19-20-17(22)14-4-2-3-5-15(14)18/h2-9H,10-11H2,1H3,(H,19,21)(H,20,22). The van der Waals surface area contributed by atoms with E-state index in [-0.39, 0.29) is 24.8 Å². The van der Waals surface area contributed by atoms with Crippen molar-refractivity contribution in [2.24, 2.45) is 0 Å². The highest BCUT2D eigenvalue weighted by Gasteiger charge is 2.10. The van der Waals surface area contributed by atoms with Gasteiger partial charge in [0.1, 0.15) is 5.75 Å². The van der Waals surface area contributed by atoms with Crippen molar-refractivity contribution in [1.82, 2.24) is 10.9 Å². The fourth-order valence-corrected chi connectivity index (χ4v) is 2.26. The first-order valence-electron chi connectivity index (χ1n) is 7.09. The van der Waals surface area contributed by atoms with Crippen molar-refractivity contribution in [3.05, 3.63) is 64.1 Å². The second kappa shape index (κ2) is 8.33. The molecule has 2 rings (SSSR count). The molecule has 0 heterocycles. The normalized spacial score (nSPS) is 10.0. The van der Waals surface area contributed by atoms with E-state index in [0.29, 0.717) is 15.8 Å². The molecule has 5 nitrogen and oxygen atoms in total. The number of nitrogens with one attached hydrogen (secondary N) is 2. The minimum atomic E-state index is -0.384. The molecule has 0 unspecified atom stereocenters. The Morgan fingerprint density at radius 1 is 1.04 bits per heavy atom. The van der Waals surface area contributed by atoms with Crippen LogP contribution in [0, 0.1) is 6.92 Å². The van der Waals surface area contributed by atoms with E-state index in [9.17, 15) is 9.59 Å². The Morgan fingerprint density at radius 3 is 2.43 bits per heavy atom. The number of amides is 2. The number of carbonyl (C=O) groups is 2. The highest BCUT2D eigenvalue weighted by atomic mass is 79.9. The fraction of sp³-hybridized carbons (Fsp3) is 0.176. The third kappa shape index (κ3) is 5.41. The molecule has 2 amide bonds. The molecule has 23 heavy (non-hydrogen) atoms. The van der Waals surface area contributed by atoms with Crippen molar-refractivity contribution >= 4 is 27.7 Å². The van der Waals surface area contributed by atoms with Gasteiger partial charge in [0.2, 0.25) is 5.91 Å². The van der Waals surface area contributed by atoms with Gasteiger partial charge >= 0.3 is 0 Å². The summed E-state index contributed by atoms with van der Waals surface area (Å²) in [6.45, 7) is 2.23. The first-order valence-corrected chi connectivity index (χ1v) is 7.89. The smallest absolute Gasteiger partial charge is 0.270 e. The van der Waals surface area contributed by atoms with Crippen molar-refractivity contribution in [2.45, 2.75) is 13.3 Å².